The Morgan fingerprint density at radius 2 is 2.00 bits per heavy atom. The molecule has 0 bridgehead atoms. The predicted molar refractivity (Wildman–Crippen MR) is 96.0 cm³/mol. The molecule has 3 rings (SSSR count). The highest BCUT2D eigenvalue weighted by molar-refractivity contribution is 5.91. The largest absolute Gasteiger partial charge is 0.465 e. The van der Waals surface area contributed by atoms with Crippen molar-refractivity contribution in [1.82, 2.24) is 15.2 Å². The Balaban J connectivity index is 1.40. The molecule has 1 unspecified atom stereocenters. The second kappa shape index (κ2) is 9.05. The number of aromatic nitrogens is 1. The topological polar surface area (TPSA) is 95.7 Å². The Hall–Kier alpha value is -2.05. The Labute approximate surface area is 154 Å². The van der Waals surface area contributed by atoms with Crippen LogP contribution in [-0.4, -0.2) is 40.1 Å². The zero-order valence-electron chi connectivity index (χ0n) is 15.3. The van der Waals surface area contributed by atoms with Crippen molar-refractivity contribution >= 4 is 12.0 Å². The molecule has 1 aliphatic heterocycles. The third-order valence-corrected chi connectivity index (χ3v) is 5.59. The van der Waals surface area contributed by atoms with Crippen molar-refractivity contribution in [3.8, 4) is 0 Å². The molecule has 2 N–H and O–H groups in total. The number of carbonyl (C=O) groups is 2. The van der Waals surface area contributed by atoms with E-state index in [4.69, 9.17) is 4.42 Å². The highest BCUT2D eigenvalue weighted by atomic mass is 16.4. The second-order valence-corrected chi connectivity index (χ2v) is 7.46. The average molecular weight is 363 g/mol. The van der Waals surface area contributed by atoms with Gasteiger partial charge in [-0.15, -0.1) is 0 Å². The maximum atomic E-state index is 12.2. The van der Waals surface area contributed by atoms with Crippen LogP contribution in [0.15, 0.2) is 10.7 Å². The molecule has 7 nitrogen and oxygen atoms in total. The van der Waals surface area contributed by atoms with Gasteiger partial charge in [-0.2, -0.15) is 0 Å². The number of carbonyl (C=O) groups excluding carboxylic acids is 1. The van der Waals surface area contributed by atoms with E-state index in [1.54, 1.807) is 0 Å². The zero-order chi connectivity index (χ0) is 18.4. The van der Waals surface area contributed by atoms with Crippen molar-refractivity contribution in [3.05, 3.63) is 17.8 Å². The number of unbranched alkanes of at least 4 members (excludes halogenated alkanes) is 1. The fourth-order valence-corrected chi connectivity index (χ4v) is 4.12. The molecule has 2 fully saturated rings. The van der Waals surface area contributed by atoms with Crippen molar-refractivity contribution in [2.24, 2.45) is 5.92 Å². The van der Waals surface area contributed by atoms with Crippen LogP contribution >= 0.6 is 0 Å². The molecule has 1 aromatic rings. The Morgan fingerprint density at radius 3 is 2.77 bits per heavy atom. The van der Waals surface area contributed by atoms with Crippen molar-refractivity contribution in [3.63, 3.8) is 0 Å². The molecule has 1 saturated heterocycles. The number of hydrogen-bond donors (Lipinski definition) is 2. The van der Waals surface area contributed by atoms with Gasteiger partial charge in [0, 0.05) is 13.1 Å². The van der Waals surface area contributed by atoms with E-state index < -0.39 is 6.09 Å². The summed E-state index contributed by atoms with van der Waals surface area (Å²) in [6.07, 6.45) is 12.0. The second-order valence-electron chi connectivity index (χ2n) is 7.46. The lowest BCUT2D eigenvalue weighted by Gasteiger charge is -2.21. The molecule has 1 aliphatic carbocycles. The summed E-state index contributed by atoms with van der Waals surface area (Å²) in [6, 6.07) is -0.385. The molecule has 26 heavy (non-hydrogen) atoms. The highest BCUT2D eigenvalue weighted by Gasteiger charge is 2.33. The monoisotopic (exact) mass is 363 g/mol. The molecular weight excluding hydrogens is 334 g/mol. The quantitative estimate of drug-likeness (QED) is 0.715. The Morgan fingerprint density at radius 1 is 1.19 bits per heavy atom. The minimum absolute atomic E-state index is 0.226. The summed E-state index contributed by atoms with van der Waals surface area (Å²) < 4.78 is 5.38. The van der Waals surface area contributed by atoms with Gasteiger partial charge in [0.15, 0.2) is 5.69 Å². The van der Waals surface area contributed by atoms with Gasteiger partial charge in [0.2, 0.25) is 5.89 Å². The molecule has 2 aliphatic rings. The van der Waals surface area contributed by atoms with Crippen LogP contribution in [0.1, 0.15) is 86.6 Å². The van der Waals surface area contributed by atoms with Crippen molar-refractivity contribution in [1.29, 1.82) is 0 Å². The molecule has 1 aromatic heterocycles. The molecule has 2 amide bonds. The third-order valence-electron chi connectivity index (χ3n) is 5.59. The fraction of sp³-hybridized carbons (Fsp3) is 0.737. The number of nitrogens with zero attached hydrogens (tertiary/aromatic N) is 2. The molecule has 144 valence electrons. The van der Waals surface area contributed by atoms with Gasteiger partial charge in [-0.1, -0.05) is 44.9 Å². The highest BCUT2D eigenvalue weighted by Crippen LogP contribution is 2.31. The Kier molecular flexibility index (Phi) is 6.52. The fourth-order valence-electron chi connectivity index (χ4n) is 4.12. The van der Waals surface area contributed by atoms with Crippen LogP contribution in [0, 0.1) is 5.92 Å². The summed E-state index contributed by atoms with van der Waals surface area (Å²) in [5.74, 6) is 0.936. The van der Waals surface area contributed by atoms with E-state index in [0.717, 1.165) is 25.2 Å². The van der Waals surface area contributed by atoms with Crippen molar-refractivity contribution < 1.29 is 19.1 Å². The molecular formula is C19H29N3O4. The minimum atomic E-state index is -0.977. The SMILES string of the molecule is O=C(NCCCCC1CCCCC1)c1coc(C2CCCN2C(=O)O)n1. The summed E-state index contributed by atoms with van der Waals surface area (Å²) in [6.45, 7) is 1.11. The lowest BCUT2D eigenvalue weighted by molar-refractivity contribution is 0.0947. The van der Waals surface area contributed by atoms with Gasteiger partial charge in [-0.3, -0.25) is 9.69 Å². The summed E-state index contributed by atoms with van der Waals surface area (Å²) >= 11 is 0. The van der Waals surface area contributed by atoms with Gasteiger partial charge in [-0.05, 0) is 25.2 Å². The Bertz CT molecular complexity index is 610. The molecule has 2 heterocycles. The average Bonchev–Trinajstić information content (AvgIpc) is 3.31. The van der Waals surface area contributed by atoms with Crippen LogP contribution in [0.5, 0.6) is 0 Å². The molecule has 7 heteroatoms. The maximum absolute atomic E-state index is 12.2. The normalized spacial score (nSPS) is 21.1. The molecule has 0 spiro atoms. The van der Waals surface area contributed by atoms with E-state index in [9.17, 15) is 14.7 Å². The summed E-state index contributed by atoms with van der Waals surface area (Å²) in [5, 5.41) is 12.1. The van der Waals surface area contributed by atoms with Crippen LogP contribution in [0.3, 0.4) is 0 Å². The van der Waals surface area contributed by atoms with Crippen LogP contribution in [0.2, 0.25) is 0 Å². The summed E-state index contributed by atoms with van der Waals surface area (Å²) in [7, 11) is 0. The van der Waals surface area contributed by atoms with Gasteiger partial charge >= 0.3 is 6.09 Å². The minimum Gasteiger partial charge on any atom is -0.465 e. The summed E-state index contributed by atoms with van der Waals surface area (Å²) in [4.78, 5) is 28.9. The van der Waals surface area contributed by atoms with Crippen LogP contribution < -0.4 is 5.32 Å². The first kappa shape index (κ1) is 18.7. The molecule has 1 atom stereocenters. The first-order valence-electron chi connectivity index (χ1n) is 9.88. The first-order chi connectivity index (χ1) is 12.6. The number of likely N-dealkylation sites (tertiary alicyclic amines) is 1. The van der Waals surface area contributed by atoms with Crippen LogP contribution in [0.4, 0.5) is 4.79 Å². The maximum Gasteiger partial charge on any atom is 0.407 e. The first-order valence-corrected chi connectivity index (χ1v) is 9.88. The van der Waals surface area contributed by atoms with Gasteiger partial charge < -0.3 is 14.8 Å². The van der Waals surface area contributed by atoms with Gasteiger partial charge in [0.25, 0.3) is 5.91 Å². The molecule has 0 radical (unpaired) electrons. The third kappa shape index (κ3) is 4.77. The number of hydrogen-bond acceptors (Lipinski definition) is 4. The standard InChI is InChI=1S/C19H29N3O4/c23-17(20-11-5-4-9-14-7-2-1-3-8-14)15-13-26-18(21-15)16-10-6-12-22(16)19(24)25/h13-14,16H,1-12H2,(H,20,23)(H,24,25). The number of rotatable bonds is 7. The van der Waals surface area contributed by atoms with Crippen molar-refractivity contribution in [2.75, 3.05) is 13.1 Å². The van der Waals surface area contributed by atoms with Crippen LogP contribution in [0.25, 0.3) is 0 Å². The number of amides is 2. The zero-order valence-corrected chi connectivity index (χ0v) is 15.3. The lowest BCUT2D eigenvalue weighted by atomic mass is 9.86. The van der Waals surface area contributed by atoms with Crippen LogP contribution in [-0.2, 0) is 0 Å². The molecule has 1 saturated carbocycles. The number of nitrogens with one attached hydrogen (secondary N) is 1. The van der Waals surface area contributed by atoms with Crippen molar-refractivity contribution in [2.45, 2.75) is 70.3 Å². The predicted octanol–water partition coefficient (Wildman–Crippen LogP) is 3.97. The van der Waals surface area contributed by atoms with E-state index in [-0.39, 0.29) is 17.6 Å². The van der Waals surface area contributed by atoms with E-state index in [1.165, 1.54) is 49.7 Å². The van der Waals surface area contributed by atoms with E-state index >= 15 is 0 Å². The number of carboxylic acid groups (broad SMARTS) is 1. The van der Waals surface area contributed by atoms with Gasteiger partial charge in [-0.25, -0.2) is 9.78 Å². The number of oxazole rings is 1. The lowest BCUT2D eigenvalue weighted by Crippen LogP contribution is -2.29. The van der Waals surface area contributed by atoms with Gasteiger partial charge in [0.1, 0.15) is 12.3 Å². The van der Waals surface area contributed by atoms with E-state index in [1.807, 2.05) is 0 Å². The van der Waals surface area contributed by atoms with E-state index in [2.05, 4.69) is 10.3 Å². The smallest absolute Gasteiger partial charge is 0.407 e. The van der Waals surface area contributed by atoms with Gasteiger partial charge in [0.05, 0.1) is 0 Å². The van der Waals surface area contributed by atoms with E-state index in [0.29, 0.717) is 25.4 Å². The summed E-state index contributed by atoms with van der Waals surface area (Å²) in [5.41, 5.74) is 0.226. The molecule has 0 aromatic carbocycles.